The summed E-state index contributed by atoms with van der Waals surface area (Å²) in [5.74, 6) is 0.578. The first kappa shape index (κ1) is 16.9. The fraction of sp³-hybridized carbons (Fsp3) is 1.00. The summed E-state index contributed by atoms with van der Waals surface area (Å²) in [6.45, 7) is 14.5. The van der Waals surface area contributed by atoms with E-state index in [1.54, 1.807) is 7.11 Å². The molecule has 0 saturated carbocycles. The van der Waals surface area contributed by atoms with Crippen molar-refractivity contribution < 1.29 is 9.47 Å². The minimum Gasteiger partial charge on any atom is -0.380 e. The Morgan fingerprint density at radius 3 is 2.18 bits per heavy atom. The first-order chi connectivity index (χ1) is 7.82. The summed E-state index contributed by atoms with van der Waals surface area (Å²) in [5, 5.41) is 3.64. The van der Waals surface area contributed by atoms with Crippen LogP contribution in [0.3, 0.4) is 0 Å². The van der Waals surface area contributed by atoms with Crippen molar-refractivity contribution in [2.45, 2.75) is 65.6 Å². The Labute approximate surface area is 107 Å². The second kappa shape index (κ2) is 8.06. The monoisotopic (exact) mass is 245 g/mol. The molecule has 2 unspecified atom stereocenters. The van der Waals surface area contributed by atoms with Crippen LogP contribution < -0.4 is 5.32 Å². The first-order valence-electron chi connectivity index (χ1n) is 6.71. The van der Waals surface area contributed by atoms with Crippen molar-refractivity contribution in [3.63, 3.8) is 0 Å². The molecule has 3 heteroatoms. The minimum atomic E-state index is -0.0699. The predicted octanol–water partition coefficient (Wildman–Crippen LogP) is 2.84. The molecule has 0 fully saturated rings. The molecule has 0 aromatic heterocycles. The molecule has 0 aliphatic rings. The largest absolute Gasteiger partial charge is 0.380 e. The molecule has 17 heavy (non-hydrogen) atoms. The highest BCUT2D eigenvalue weighted by Crippen LogP contribution is 2.16. The van der Waals surface area contributed by atoms with Crippen LogP contribution in [-0.2, 0) is 9.47 Å². The number of methoxy groups -OCH3 is 1. The first-order valence-corrected chi connectivity index (χ1v) is 6.71. The number of nitrogens with one attached hydrogen (secondary N) is 1. The van der Waals surface area contributed by atoms with Crippen LogP contribution in [0.2, 0.25) is 0 Å². The average molecular weight is 245 g/mol. The van der Waals surface area contributed by atoms with Crippen molar-refractivity contribution in [3.8, 4) is 0 Å². The standard InChI is InChI=1S/C14H31NO2/c1-8-17-10-13(11(2)3)15-12(4)9-14(5,6)16-7/h11-13,15H,8-10H2,1-7H3. The lowest BCUT2D eigenvalue weighted by Gasteiger charge is -2.31. The Balaban J connectivity index is 4.16. The van der Waals surface area contributed by atoms with E-state index in [9.17, 15) is 0 Å². The Bertz CT molecular complexity index is 193. The quantitative estimate of drug-likeness (QED) is 0.677. The van der Waals surface area contributed by atoms with Crippen molar-refractivity contribution in [3.05, 3.63) is 0 Å². The molecule has 0 aromatic rings. The molecule has 0 bridgehead atoms. The SMILES string of the molecule is CCOCC(NC(C)CC(C)(C)OC)C(C)C. The lowest BCUT2D eigenvalue weighted by atomic mass is 9.97. The zero-order valence-corrected chi connectivity index (χ0v) is 12.7. The van der Waals surface area contributed by atoms with Gasteiger partial charge in [0, 0.05) is 25.8 Å². The average Bonchev–Trinajstić information content (AvgIpc) is 2.23. The zero-order chi connectivity index (χ0) is 13.5. The van der Waals surface area contributed by atoms with Crippen molar-refractivity contribution in [1.82, 2.24) is 5.32 Å². The van der Waals surface area contributed by atoms with E-state index in [0.717, 1.165) is 19.6 Å². The van der Waals surface area contributed by atoms with E-state index in [1.807, 2.05) is 6.92 Å². The van der Waals surface area contributed by atoms with Gasteiger partial charge in [0.2, 0.25) is 0 Å². The number of ether oxygens (including phenoxy) is 2. The van der Waals surface area contributed by atoms with Crippen LogP contribution in [-0.4, -0.2) is 38.0 Å². The molecule has 0 rings (SSSR count). The van der Waals surface area contributed by atoms with E-state index in [-0.39, 0.29) is 5.60 Å². The van der Waals surface area contributed by atoms with Crippen molar-refractivity contribution in [2.24, 2.45) is 5.92 Å². The van der Waals surface area contributed by atoms with Gasteiger partial charge in [0.25, 0.3) is 0 Å². The predicted molar refractivity (Wildman–Crippen MR) is 73.4 cm³/mol. The smallest absolute Gasteiger partial charge is 0.0637 e. The van der Waals surface area contributed by atoms with Gasteiger partial charge in [-0.2, -0.15) is 0 Å². The number of hydrogen-bond acceptors (Lipinski definition) is 3. The molecule has 0 spiro atoms. The lowest BCUT2D eigenvalue weighted by Crippen LogP contribution is -2.45. The minimum absolute atomic E-state index is 0.0699. The Kier molecular flexibility index (Phi) is 8.01. The van der Waals surface area contributed by atoms with Gasteiger partial charge in [-0.15, -0.1) is 0 Å². The summed E-state index contributed by atoms with van der Waals surface area (Å²) in [6, 6.07) is 0.843. The Morgan fingerprint density at radius 1 is 1.18 bits per heavy atom. The summed E-state index contributed by atoms with van der Waals surface area (Å²) in [4.78, 5) is 0. The second-order valence-corrected chi connectivity index (χ2v) is 5.75. The highest BCUT2D eigenvalue weighted by Gasteiger charge is 2.23. The molecule has 1 N–H and O–H groups in total. The summed E-state index contributed by atoms with van der Waals surface area (Å²) in [5.41, 5.74) is -0.0699. The normalized spacial score (nSPS) is 16.2. The third-order valence-corrected chi connectivity index (χ3v) is 3.16. The summed E-state index contributed by atoms with van der Waals surface area (Å²) in [6.07, 6.45) is 0.999. The van der Waals surface area contributed by atoms with Gasteiger partial charge >= 0.3 is 0 Å². The van der Waals surface area contributed by atoms with Crippen LogP contribution in [0.25, 0.3) is 0 Å². The topological polar surface area (TPSA) is 30.5 Å². The van der Waals surface area contributed by atoms with Gasteiger partial charge < -0.3 is 14.8 Å². The third-order valence-electron chi connectivity index (χ3n) is 3.16. The van der Waals surface area contributed by atoms with Crippen molar-refractivity contribution in [1.29, 1.82) is 0 Å². The number of hydrogen-bond donors (Lipinski definition) is 1. The van der Waals surface area contributed by atoms with Gasteiger partial charge in [-0.05, 0) is 40.0 Å². The maximum Gasteiger partial charge on any atom is 0.0637 e. The molecule has 0 amide bonds. The van der Waals surface area contributed by atoms with Crippen molar-refractivity contribution in [2.75, 3.05) is 20.3 Å². The molecular formula is C14H31NO2. The molecule has 0 heterocycles. The Morgan fingerprint density at radius 2 is 1.76 bits per heavy atom. The maximum atomic E-state index is 5.52. The zero-order valence-electron chi connectivity index (χ0n) is 12.7. The third kappa shape index (κ3) is 7.74. The summed E-state index contributed by atoms with van der Waals surface area (Å²) >= 11 is 0. The summed E-state index contributed by atoms with van der Waals surface area (Å²) in [7, 11) is 1.77. The van der Waals surface area contributed by atoms with Crippen LogP contribution in [0.15, 0.2) is 0 Å². The molecule has 0 aliphatic heterocycles. The molecule has 0 saturated heterocycles. The molecule has 3 nitrogen and oxygen atoms in total. The van der Waals surface area contributed by atoms with Crippen LogP contribution in [0, 0.1) is 5.92 Å². The van der Waals surface area contributed by atoms with Crippen LogP contribution in [0.1, 0.15) is 48.0 Å². The fourth-order valence-corrected chi connectivity index (χ4v) is 1.92. The van der Waals surface area contributed by atoms with Gasteiger partial charge in [0.1, 0.15) is 0 Å². The highest BCUT2D eigenvalue weighted by molar-refractivity contribution is 4.80. The van der Waals surface area contributed by atoms with Gasteiger partial charge in [0.15, 0.2) is 0 Å². The van der Waals surface area contributed by atoms with E-state index in [1.165, 1.54) is 0 Å². The lowest BCUT2D eigenvalue weighted by molar-refractivity contribution is 0.00517. The van der Waals surface area contributed by atoms with E-state index in [0.29, 0.717) is 18.0 Å². The van der Waals surface area contributed by atoms with Gasteiger partial charge in [-0.25, -0.2) is 0 Å². The summed E-state index contributed by atoms with van der Waals surface area (Å²) < 4.78 is 11.0. The molecule has 0 radical (unpaired) electrons. The molecular weight excluding hydrogens is 214 g/mol. The van der Waals surface area contributed by atoms with Gasteiger partial charge in [-0.3, -0.25) is 0 Å². The molecule has 0 aromatic carbocycles. The van der Waals surface area contributed by atoms with Gasteiger partial charge in [-0.1, -0.05) is 13.8 Å². The fourth-order valence-electron chi connectivity index (χ4n) is 1.92. The van der Waals surface area contributed by atoms with E-state index < -0.39 is 0 Å². The second-order valence-electron chi connectivity index (χ2n) is 5.75. The van der Waals surface area contributed by atoms with Crippen molar-refractivity contribution >= 4 is 0 Å². The van der Waals surface area contributed by atoms with Crippen LogP contribution >= 0.6 is 0 Å². The maximum absolute atomic E-state index is 5.52. The van der Waals surface area contributed by atoms with Gasteiger partial charge in [0.05, 0.1) is 12.2 Å². The Hall–Kier alpha value is -0.120. The molecule has 2 atom stereocenters. The van der Waals surface area contributed by atoms with Crippen LogP contribution in [0.4, 0.5) is 0 Å². The van der Waals surface area contributed by atoms with E-state index in [4.69, 9.17) is 9.47 Å². The number of rotatable bonds is 9. The van der Waals surface area contributed by atoms with E-state index >= 15 is 0 Å². The molecule has 0 aliphatic carbocycles. The molecule has 104 valence electrons. The highest BCUT2D eigenvalue weighted by atomic mass is 16.5. The van der Waals surface area contributed by atoms with E-state index in [2.05, 4.69) is 39.9 Å². The van der Waals surface area contributed by atoms with Crippen LogP contribution in [0.5, 0.6) is 0 Å².